The van der Waals surface area contributed by atoms with Crippen LogP contribution in [0.5, 0.6) is 0 Å². The molecule has 8 aromatic rings. The topological polar surface area (TPSA) is 4.93 Å². The van der Waals surface area contributed by atoms with Gasteiger partial charge in [-0.15, -0.1) is 11.3 Å². The largest absolute Gasteiger partial charge is 0.309 e. The van der Waals surface area contributed by atoms with Crippen LogP contribution in [0.3, 0.4) is 0 Å². The van der Waals surface area contributed by atoms with Crippen molar-refractivity contribution in [3.63, 3.8) is 0 Å². The SMILES string of the molecule is CC1(C)c2ccccc2-c2ccc(-c3ccc4c(c3)c3cc5c(cc3n4-c3ccccc3)sc3ccccc35)cc21. The van der Waals surface area contributed by atoms with Gasteiger partial charge in [0.25, 0.3) is 0 Å². The molecule has 41 heavy (non-hydrogen) atoms. The molecule has 1 nitrogen and oxygen atoms in total. The fourth-order valence-electron chi connectivity index (χ4n) is 7.16. The van der Waals surface area contributed by atoms with Gasteiger partial charge < -0.3 is 4.57 Å². The second-order valence-corrected chi connectivity index (χ2v) is 12.9. The highest BCUT2D eigenvalue weighted by Crippen LogP contribution is 2.50. The highest BCUT2D eigenvalue weighted by Gasteiger charge is 2.35. The Balaban J connectivity index is 1.31. The molecule has 0 bridgehead atoms. The summed E-state index contributed by atoms with van der Waals surface area (Å²) in [6.07, 6.45) is 0. The van der Waals surface area contributed by atoms with E-state index in [0.717, 1.165) is 0 Å². The van der Waals surface area contributed by atoms with Gasteiger partial charge in [-0.25, -0.2) is 0 Å². The molecule has 1 aliphatic rings. The molecule has 6 aromatic carbocycles. The van der Waals surface area contributed by atoms with Gasteiger partial charge in [0.1, 0.15) is 0 Å². The van der Waals surface area contributed by atoms with E-state index in [9.17, 15) is 0 Å². The van der Waals surface area contributed by atoms with Gasteiger partial charge in [0.15, 0.2) is 0 Å². The van der Waals surface area contributed by atoms with E-state index in [0.29, 0.717) is 0 Å². The van der Waals surface area contributed by atoms with Crippen LogP contribution in [0.15, 0.2) is 127 Å². The van der Waals surface area contributed by atoms with Crippen LogP contribution < -0.4 is 0 Å². The summed E-state index contributed by atoms with van der Waals surface area (Å²) in [5.74, 6) is 0. The molecule has 0 amide bonds. The van der Waals surface area contributed by atoms with Crippen LogP contribution in [0.25, 0.3) is 69.9 Å². The van der Waals surface area contributed by atoms with E-state index in [1.807, 2.05) is 11.3 Å². The number of hydrogen-bond acceptors (Lipinski definition) is 1. The summed E-state index contributed by atoms with van der Waals surface area (Å²) in [5.41, 5.74) is 11.8. The summed E-state index contributed by atoms with van der Waals surface area (Å²) >= 11 is 1.88. The number of rotatable bonds is 2. The van der Waals surface area contributed by atoms with Gasteiger partial charge in [-0.1, -0.05) is 92.7 Å². The van der Waals surface area contributed by atoms with Crippen LogP contribution in [0.2, 0.25) is 0 Å². The first-order valence-electron chi connectivity index (χ1n) is 14.3. The van der Waals surface area contributed by atoms with E-state index in [2.05, 4.69) is 146 Å². The van der Waals surface area contributed by atoms with Gasteiger partial charge in [-0.2, -0.15) is 0 Å². The third kappa shape index (κ3) is 3.17. The molecule has 0 unspecified atom stereocenters. The Morgan fingerprint density at radius 2 is 1.20 bits per heavy atom. The molecule has 2 heteroatoms. The summed E-state index contributed by atoms with van der Waals surface area (Å²) in [4.78, 5) is 0. The van der Waals surface area contributed by atoms with Gasteiger partial charge in [0.2, 0.25) is 0 Å². The zero-order valence-electron chi connectivity index (χ0n) is 23.0. The van der Waals surface area contributed by atoms with Crippen molar-refractivity contribution < 1.29 is 0 Å². The van der Waals surface area contributed by atoms with E-state index < -0.39 is 0 Å². The summed E-state index contributed by atoms with van der Waals surface area (Å²) < 4.78 is 5.10. The van der Waals surface area contributed by atoms with Crippen LogP contribution in [-0.4, -0.2) is 4.57 Å². The fraction of sp³-hybridized carbons (Fsp3) is 0.0769. The first kappa shape index (κ1) is 23.1. The van der Waals surface area contributed by atoms with Crippen molar-refractivity contribution in [1.29, 1.82) is 0 Å². The summed E-state index contributed by atoms with van der Waals surface area (Å²) in [6.45, 7) is 4.71. The molecule has 0 radical (unpaired) electrons. The Morgan fingerprint density at radius 1 is 0.488 bits per heavy atom. The van der Waals surface area contributed by atoms with Crippen LogP contribution in [0.1, 0.15) is 25.0 Å². The van der Waals surface area contributed by atoms with E-state index in [1.54, 1.807) is 0 Å². The van der Waals surface area contributed by atoms with Gasteiger partial charge >= 0.3 is 0 Å². The number of hydrogen-bond donors (Lipinski definition) is 0. The van der Waals surface area contributed by atoms with Gasteiger partial charge in [0.05, 0.1) is 11.0 Å². The second kappa shape index (κ2) is 8.19. The molecule has 0 spiro atoms. The lowest BCUT2D eigenvalue weighted by atomic mass is 9.81. The Bertz CT molecular complexity index is 2330. The molecule has 1 aliphatic carbocycles. The van der Waals surface area contributed by atoms with Crippen LogP contribution in [-0.2, 0) is 5.41 Å². The zero-order chi connectivity index (χ0) is 27.3. The predicted octanol–water partition coefficient (Wildman–Crippen LogP) is 11.1. The molecule has 0 atom stereocenters. The van der Waals surface area contributed by atoms with Gasteiger partial charge in [0, 0.05) is 42.0 Å². The standard InChI is InChI=1S/C39H27NS/c1-39(2)33-14-8-6-12-27(33)28-18-16-25(21-34(28)39)24-17-19-35-30(20-24)31-22-32-29-13-7-9-15-37(29)41-38(32)23-36(31)40(35)26-10-4-3-5-11-26/h3-23H,1-2H3. The van der Waals surface area contributed by atoms with Crippen LogP contribution in [0, 0.1) is 0 Å². The molecular weight excluding hydrogens is 515 g/mol. The highest BCUT2D eigenvalue weighted by atomic mass is 32.1. The number of aromatic nitrogens is 1. The molecule has 0 saturated heterocycles. The lowest BCUT2D eigenvalue weighted by Gasteiger charge is -2.22. The number of nitrogens with zero attached hydrogens (tertiary/aromatic N) is 1. The van der Waals surface area contributed by atoms with Crippen LogP contribution in [0.4, 0.5) is 0 Å². The van der Waals surface area contributed by atoms with E-state index in [1.165, 1.54) is 81.0 Å². The fourth-order valence-corrected chi connectivity index (χ4v) is 8.28. The Hall–Kier alpha value is -4.66. The molecule has 0 fully saturated rings. The minimum atomic E-state index is -0.0129. The van der Waals surface area contributed by atoms with E-state index >= 15 is 0 Å². The first-order valence-corrected chi connectivity index (χ1v) is 15.1. The Kier molecular flexibility index (Phi) is 4.61. The van der Waals surface area contributed by atoms with Gasteiger partial charge in [-0.3, -0.25) is 0 Å². The highest BCUT2D eigenvalue weighted by molar-refractivity contribution is 7.25. The maximum atomic E-state index is 2.43. The average Bonchev–Trinajstić information content (AvgIpc) is 3.61. The number of para-hydroxylation sites is 1. The number of thiophene rings is 1. The third-order valence-electron chi connectivity index (χ3n) is 9.19. The van der Waals surface area contributed by atoms with Crippen molar-refractivity contribution in [2.24, 2.45) is 0 Å². The predicted molar refractivity (Wildman–Crippen MR) is 177 cm³/mol. The van der Waals surface area contributed by atoms with Gasteiger partial charge in [-0.05, 0) is 81.9 Å². The van der Waals surface area contributed by atoms with Crippen molar-refractivity contribution in [1.82, 2.24) is 4.57 Å². The molecule has 2 aromatic heterocycles. The molecule has 9 rings (SSSR count). The molecule has 0 aliphatic heterocycles. The minimum Gasteiger partial charge on any atom is -0.309 e. The average molecular weight is 542 g/mol. The van der Waals surface area contributed by atoms with E-state index in [4.69, 9.17) is 0 Å². The second-order valence-electron chi connectivity index (χ2n) is 11.8. The maximum Gasteiger partial charge on any atom is 0.0555 e. The summed E-state index contributed by atoms with van der Waals surface area (Å²) in [6, 6.07) is 47.3. The summed E-state index contributed by atoms with van der Waals surface area (Å²) in [7, 11) is 0. The number of fused-ring (bicyclic) bond motifs is 9. The molecular formula is C39H27NS. The molecule has 0 N–H and O–H groups in total. The van der Waals surface area contributed by atoms with Crippen molar-refractivity contribution in [2.45, 2.75) is 19.3 Å². The van der Waals surface area contributed by atoms with Crippen molar-refractivity contribution in [3.8, 4) is 27.9 Å². The maximum absolute atomic E-state index is 2.43. The quantitative estimate of drug-likeness (QED) is 0.205. The Labute approximate surface area is 242 Å². The lowest BCUT2D eigenvalue weighted by molar-refractivity contribution is 0.660. The van der Waals surface area contributed by atoms with Crippen LogP contribution >= 0.6 is 11.3 Å². The molecule has 2 heterocycles. The molecule has 0 saturated carbocycles. The van der Waals surface area contributed by atoms with Crippen molar-refractivity contribution in [3.05, 3.63) is 139 Å². The lowest BCUT2D eigenvalue weighted by Crippen LogP contribution is -2.14. The molecule has 194 valence electrons. The zero-order valence-corrected chi connectivity index (χ0v) is 23.8. The normalized spacial score (nSPS) is 13.8. The summed E-state index contributed by atoms with van der Waals surface area (Å²) in [5, 5.41) is 5.27. The monoisotopic (exact) mass is 541 g/mol. The first-order chi connectivity index (χ1) is 20.1. The van der Waals surface area contributed by atoms with Crippen molar-refractivity contribution >= 4 is 53.3 Å². The van der Waals surface area contributed by atoms with E-state index in [-0.39, 0.29) is 5.41 Å². The van der Waals surface area contributed by atoms with Crippen molar-refractivity contribution in [2.75, 3.05) is 0 Å². The number of benzene rings is 6. The third-order valence-corrected chi connectivity index (χ3v) is 10.3. The smallest absolute Gasteiger partial charge is 0.0555 e. The Morgan fingerprint density at radius 3 is 2.10 bits per heavy atom. The minimum absolute atomic E-state index is 0.0129.